The molecule has 1 unspecified atom stereocenters. The number of hydrogen-bond acceptors (Lipinski definition) is 6. The van der Waals surface area contributed by atoms with Crippen LogP contribution in [0.3, 0.4) is 0 Å². The number of imide groups is 1. The van der Waals surface area contributed by atoms with Gasteiger partial charge < -0.3 is 15.5 Å². The second-order valence-corrected chi connectivity index (χ2v) is 12.1. The Balaban J connectivity index is 1.06. The summed E-state index contributed by atoms with van der Waals surface area (Å²) >= 11 is 0. The van der Waals surface area contributed by atoms with Gasteiger partial charge in [-0.2, -0.15) is 5.10 Å². The van der Waals surface area contributed by atoms with Crippen molar-refractivity contribution in [1.82, 2.24) is 24.9 Å². The molecule has 1 aromatic carbocycles. The van der Waals surface area contributed by atoms with Gasteiger partial charge in [0.25, 0.3) is 11.8 Å². The molecule has 0 bridgehead atoms. The van der Waals surface area contributed by atoms with E-state index in [-0.39, 0.29) is 17.9 Å². The number of carbonyl (C=O) groups is 4. The molecule has 4 amide bonds. The number of carbonyl (C=O) groups excluding carboxylic acids is 4. The van der Waals surface area contributed by atoms with Crippen molar-refractivity contribution in [2.75, 3.05) is 18.4 Å². The van der Waals surface area contributed by atoms with Gasteiger partial charge >= 0.3 is 0 Å². The van der Waals surface area contributed by atoms with Gasteiger partial charge in [0, 0.05) is 48.7 Å². The molecule has 2 saturated heterocycles. The zero-order valence-electron chi connectivity index (χ0n) is 23.6. The fraction of sp³-hybridized carbons (Fsp3) is 0.516. The molecule has 0 spiro atoms. The first-order valence-electron chi connectivity index (χ1n) is 14.9. The first kappa shape index (κ1) is 27.2. The van der Waals surface area contributed by atoms with Crippen LogP contribution in [-0.4, -0.2) is 62.3 Å². The molecular formula is C31H38N6O4. The quantitative estimate of drug-likeness (QED) is 0.520. The second-order valence-electron chi connectivity index (χ2n) is 12.1. The first-order valence-corrected chi connectivity index (χ1v) is 14.9. The third kappa shape index (κ3) is 5.27. The van der Waals surface area contributed by atoms with Crippen molar-refractivity contribution in [3.8, 4) is 0 Å². The molecule has 1 aliphatic carbocycles. The predicted molar refractivity (Wildman–Crippen MR) is 153 cm³/mol. The Bertz CT molecular complexity index is 1380. The molecule has 0 radical (unpaired) electrons. The minimum absolute atomic E-state index is 0.193. The average molecular weight is 559 g/mol. The molecule has 4 heterocycles. The highest BCUT2D eigenvalue weighted by atomic mass is 16.2. The minimum atomic E-state index is -0.841. The molecular weight excluding hydrogens is 520 g/mol. The van der Waals surface area contributed by atoms with Crippen LogP contribution in [0.15, 0.2) is 42.9 Å². The van der Waals surface area contributed by atoms with Crippen molar-refractivity contribution >= 4 is 29.3 Å². The van der Waals surface area contributed by atoms with Crippen molar-refractivity contribution in [1.29, 1.82) is 0 Å². The summed E-state index contributed by atoms with van der Waals surface area (Å²) in [6.07, 6.45) is 10.8. The van der Waals surface area contributed by atoms with Gasteiger partial charge in [-0.15, -0.1) is 0 Å². The number of fused-ring (bicyclic) bond motifs is 1. The number of benzene rings is 1. The topological polar surface area (TPSA) is 117 Å². The molecule has 2 aromatic rings. The molecule has 1 aromatic heterocycles. The van der Waals surface area contributed by atoms with E-state index in [0.29, 0.717) is 47.8 Å². The van der Waals surface area contributed by atoms with Crippen molar-refractivity contribution in [2.24, 2.45) is 11.8 Å². The molecule has 6 rings (SSSR count). The highest BCUT2D eigenvalue weighted by Gasteiger charge is 2.45. The number of rotatable bonds is 6. The standard InChI is InChI=1S/C31H38N6O4/c1-19-6-9-22(10-7-19)29(39)35-14-12-23(13-15-35)36-18-21(17-33-36)16-32-25-5-3-4-24-27(25)31(41)37(30(24)40)26-11-8-20(2)34-28(26)38/h3-5,17-19,22-23,26,32H,2,6-16H2,1H3,(H,34,38). The van der Waals surface area contributed by atoms with Gasteiger partial charge in [0.05, 0.1) is 23.4 Å². The summed E-state index contributed by atoms with van der Waals surface area (Å²) in [6, 6.07) is 4.55. The van der Waals surface area contributed by atoms with E-state index in [9.17, 15) is 19.2 Å². The Labute approximate surface area is 240 Å². The van der Waals surface area contributed by atoms with E-state index in [1.54, 1.807) is 18.2 Å². The van der Waals surface area contributed by atoms with E-state index in [1.807, 2.05) is 22.0 Å². The molecule has 216 valence electrons. The summed E-state index contributed by atoms with van der Waals surface area (Å²) < 4.78 is 1.99. The lowest BCUT2D eigenvalue weighted by molar-refractivity contribution is -0.138. The Hall–Kier alpha value is -3.95. The fourth-order valence-corrected chi connectivity index (χ4v) is 6.72. The van der Waals surface area contributed by atoms with E-state index in [1.165, 1.54) is 0 Å². The van der Waals surface area contributed by atoms with E-state index < -0.39 is 17.9 Å². The lowest BCUT2D eigenvalue weighted by Crippen LogP contribution is -2.51. The summed E-state index contributed by atoms with van der Waals surface area (Å²) in [5, 5.41) is 10.6. The first-order chi connectivity index (χ1) is 19.8. The Kier molecular flexibility index (Phi) is 7.40. The highest BCUT2D eigenvalue weighted by molar-refractivity contribution is 6.25. The SMILES string of the molecule is C=C1CCC(N2C(=O)c3cccc(NCc4cnn(C5CCN(C(=O)C6CCC(C)CC6)CC5)c4)c3C2=O)C(=O)N1. The third-order valence-electron chi connectivity index (χ3n) is 9.23. The predicted octanol–water partition coefficient (Wildman–Crippen LogP) is 3.87. The maximum absolute atomic E-state index is 13.4. The summed E-state index contributed by atoms with van der Waals surface area (Å²) in [5.41, 5.74) is 2.71. The number of hydrogen-bond donors (Lipinski definition) is 2. The number of aromatic nitrogens is 2. The van der Waals surface area contributed by atoms with Crippen LogP contribution in [0.5, 0.6) is 0 Å². The van der Waals surface area contributed by atoms with Gasteiger partial charge in [0.1, 0.15) is 6.04 Å². The van der Waals surface area contributed by atoms with Crippen molar-refractivity contribution in [2.45, 2.75) is 76.9 Å². The summed E-state index contributed by atoms with van der Waals surface area (Å²) in [7, 11) is 0. The third-order valence-corrected chi connectivity index (χ3v) is 9.23. The number of allylic oxidation sites excluding steroid dienone is 1. The molecule has 10 nitrogen and oxygen atoms in total. The molecule has 3 fully saturated rings. The molecule has 1 atom stereocenters. The van der Waals surface area contributed by atoms with Crippen LogP contribution in [0.25, 0.3) is 0 Å². The van der Waals surface area contributed by atoms with Gasteiger partial charge in [-0.3, -0.25) is 28.8 Å². The number of anilines is 1. The van der Waals surface area contributed by atoms with Crippen LogP contribution >= 0.6 is 0 Å². The highest BCUT2D eigenvalue weighted by Crippen LogP contribution is 2.34. The Morgan fingerprint density at radius 3 is 2.54 bits per heavy atom. The number of likely N-dealkylation sites (tertiary alicyclic amines) is 1. The lowest BCUT2D eigenvalue weighted by Gasteiger charge is -2.36. The van der Waals surface area contributed by atoms with Crippen LogP contribution in [0.2, 0.25) is 0 Å². The van der Waals surface area contributed by atoms with Gasteiger partial charge in [-0.1, -0.05) is 19.6 Å². The summed E-state index contributed by atoms with van der Waals surface area (Å²) in [6.45, 7) is 8.01. The second kappa shape index (κ2) is 11.1. The molecule has 41 heavy (non-hydrogen) atoms. The number of amides is 4. The van der Waals surface area contributed by atoms with Gasteiger partial charge in [-0.25, -0.2) is 0 Å². The van der Waals surface area contributed by atoms with Gasteiger partial charge in [-0.05, 0) is 69.4 Å². The minimum Gasteiger partial charge on any atom is -0.380 e. The smallest absolute Gasteiger partial charge is 0.264 e. The molecule has 3 aliphatic heterocycles. The van der Waals surface area contributed by atoms with Gasteiger partial charge in [0.15, 0.2) is 0 Å². The number of nitrogens with one attached hydrogen (secondary N) is 2. The Morgan fingerprint density at radius 1 is 1.05 bits per heavy atom. The maximum Gasteiger partial charge on any atom is 0.264 e. The summed E-state index contributed by atoms with van der Waals surface area (Å²) in [4.78, 5) is 55.2. The fourth-order valence-electron chi connectivity index (χ4n) is 6.72. The van der Waals surface area contributed by atoms with Crippen LogP contribution < -0.4 is 10.6 Å². The van der Waals surface area contributed by atoms with Crippen molar-refractivity contribution in [3.05, 3.63) is 59.6 Å². The zero-order valence-corrected chi connectivity index (χ0v) is 23.6. The monoisotopic (exact) mass is 558 g/mol. The van der Waals surface area contributed by atoms with Crippen LogP contribution in [0.4, 0.5) is 5.69 Å². The van der Waals surface area contributed by atoms with Crippen LogP contribution in [-0.2, 0) is 16.1 Å². The lowest BCUT2D eigenvalue weighted by atomic mass is 9.82. The van der Waals surface area contributed by atoms with E-state index in [0.717, 1.165) is 68.0 Å². The van der Waals surface area contributed by atoms with E-state index >= 15 is 0 Å². The van der Waals surface area contributed by atoms with Crippen molar-refractivity contribution < 1.29 is 19.2 Å². The molecule has 4 aliphatic rings. The number of piperidine rings is 2. The molecule has 2 N–H and O–H groups in total. The molecule has 10 heteroatoms. The Morgan fingerprint density at radius 2 is 1.80 bits per heavy atom. The maximum atomic E-state index is 13.4. The van der Waals surface area contributed by atoms with Gasteiger partial charge in [0.2, 0.25) is 11.8 Å². The zero-order chi connectivity index (χ0) is 28.7. The van der Waals surface area contributed by atoms with Crippen LogP contribution in [0, 0.1) is 11.8 Å². The number of nitrogens with zero attached hydrogens (tertiary/aromatic N) is 4. The normalized spacial score (nSPS) is 25.3. The average Bonchev–Trinajstić information content (AvgIpc) is 3.55. The largest absolute Gasteiger partial charge is 0.380 e. The van der Waals surface area contributed by atoms with E-state index in [4.69, 9.17) is 0 Å². The van der Waals surface area contributed by atoms with Crippen LogP contribution in [0.1, 0.15) is 90.6 Å². The summed E-state index contributed by atoms with van der Waals surface area (Å²) in [5.74, 6) is -0.0234. The van der Waals surface area contributed by atoms with Crippen molar-refractivity contribution in [3.63, 3.8) is 0 Å². The van der Waals surface area contributed by atoms with E-state index in [2.05, 4.69) is 29.2 Å². The molecule has 1 saturated carbocycles.